The summed E-state index contributed by atoms with van der Waals surface area (Å²) >= 11 is 0. The first-order chi connectivity index (χ1) is 9.32. The quantitative estimate of drug-likeness (QED) is 0.818. The first kappa shape index (κ1) is 17.0. The molecule has 0 aromatic carbocycles. The van der Waals surface area contributed by atoms with Crippen LogP contribution in [0, 0.1) is 5.92 Å². The summed E-state index contributed by atoms with van der Waals surface area (Å²) in [6.07, 6.45) is -0.600. The number of hydrogen-bond acceptors (Lipinski definition) is 2. The van der Waals surface area contributed by atoms with E-state index in [1.165, 1.54) is 6.20 Å². The summed E-state index contributed by atoms with van der Waals surface area (Å²) in [6, 6.07) is 2.34. The highest BCUT2D eigenvalue weighted by Crippen LogP contribution is 2.29. The SMILES string of the molecule is CCCNC(Cc1cc(C(F)(F)F)ccn1)CC(C)C. The highest BCUT2D eigenvalue weighted by molar-refractivity contribution is 5.20. The topological polar surface area (TPSA) is 24.9 Å². The second kappa shape index (κ2) is 7.62. The van der Waals surface area contributed by atoms with Crippen LogP contribution in [0.1, 0.15) is 44.9 Å². The van der Waals surface area contributed by atoms with Crippen LogP contribution >= 0.6 is 0 Å². The Morgan fingerprint density at radius 1 is 1.30 bits per heavy atom. The average Bonchev–Trinajstić information content (AvgIpc) is 2.34. The maximum absolute atomic E-state index is 12.7. The number of nitrogens with one attached hydrogen (secondary N) is 1. The minimum absolute atomic E-state index is 0.172. The number of pyridine rings is 1. The van der Waals surface area contributed by atoms with Crippen LogP contribution in [0.25, 0.3) is 0 Å². The van der Waals surface area contributed by atoms with Gasteiger partial charge in [-0.15, -0.1) is 0 Å². The Morgan fingerprint density at radius 3 is 2.55 bits per heavy atom. The maximum atomic E-state index is 12.7. The molecule has 1 rings (SSSR count). The van der Waals surface area contributed by atoms with Gasteiger partial charge in [0.15, 0.2) is 0 Å². The molecule has 1 atom stereocenters. The molecule has 5 heteroatoms. The Bertz CT molecular complexity index is 402. The molecule has 0 saturated carbocycles. The first-order valence-corrected chi connectivity index (χ1v) is 7.08. The fraction of sp³-hybridized carbons (Fsp3) is 0.667. The number of halogens is 3. The molecule has 114 valence electrons. The predicted octanol–water partition coefficient (Wildman–Crippen LogP) is 4.06. The zero-order chi connectivity index (χ0) is 15.2. The number of hydrogen-bond donors (Lipinski definition) is 1. The van der Waals surface area contributed by atoms with Gasteiger partial charge in [0.2, 0.25) is 0 Å². The van der Waals surface area contributed by atoms with Gasteiger partial charge >= 0.3 is 6.18 Å². The van der Waals surface area contributed by atoms with E-state index in [1.54, 1.807) is 0 Å². The van der Waals surface area contributed by atoms with Gasteiger partial charge in [0.25, 0.3) is 0 Å². The van der Waals surface area contributed by atoms with E-state index in [1.807, 2.05) is 0 Å². The highest BCUT2D eigenvalue weighted by Gasteiger charge is 2.30. The van der Waals surface area contributed by atoms with E-state index in [9.17, 15) is 13.2 Å². The van der Waals surface area contributed by atoms with Crippen LogP contribution in [0.2, 0.25) is 0 Å². The third kappa shape index (κ3) is 5.90. The van der Waals surface area contributed by atoms with Crippen molar-refractivity contribution < 1.29 is 13.2 Å². The smallest absolute Gasteiger partial charge is 0.314 e. The van der Waals surface area contributed by atoms with Crippen molar-refractivity contribution in [2.75, 3.05) is 6.54 Å². The second-order valence-electron chi connectivity index (χ2n) is 5.52. The van der Waals surface area contributed by atoms with Crippen molar-refractivity contribution >= 4 is 0 Å². The molecular weight excluding hydrogens is 265 g/mol. The molecule has 0 aliphatic rings. The molecule has 1 heterocycles. The monoisotopic (exact) mass is 288 g/mol. The molecule has 1 aromatic heterocycles. The van der Waals surface area contributed by atoms with E-state index in [0.29, 0.717) is 18.0 Å². The van der Waals surface area contributed by atoms with E-state index in [0.717, 1.165) is 31.5 Å². The third-order valence-electron chi connectivity index (χ3n) is 3.04. The Labute approximate surface area is 118 Å². The molecule has 0 aliphatic heterocycles. The van der Waals surface area contributed by atoms with Crippen molar-refractivity contribution in [2.24, 2.45) is 5.92 Å². The third-order valence-corrected chi connectivity index (χ3v) is 3.04. The summed E-state index contributed by atoms with van der Waals surface area (Å²) in [7, 11) is 0. The summed E-state index contributed by atoms with van der Waals surface area (Å²) in [6.45, 7) is 7.17. The molecular formula is C15H23F3N2. The van der Waals surface area contributed by atoms with Crippen LogP contribution in [0.3, 0.4) is 0 Å². The standard InChI is InChI=1S/C15H23F3N2/c1-4-6-19-13(8-11(2)3)10-14-9-12(5-7-20-14)15(16,17)18/h5,7,9,11,13,19H,4,6,8,10H2,1-3H3. The normalized spacial score (nSPS) is 13.8. The number of rotatable bonds is 7. The van der Waals surface area contributed by atoms with Crippen molar-refractivity contribution in [3.8, 4) is 0 Å². The zero-order valence-electron chi connectivity index (χ0n) is 12.3. The summed E-state index contributed by atoms with van der Waals surface area (Å²) in [5.41, 5.74) is -0.129. The van der Waals surface area contributed by atoms with E-state index in [4.69, 9.17) is 0 Å². The van der Waals surface area contributed by atoms with Crippen molar-refractivity contribution in [3.63, 3.8) is 0 Å². The van der Waals surface area contributed by atoms with Crippen molar-refractivity contribution in [3.05, 3.63) is 29.6 Å². The highest BCUT2D eigenvalue weighted by atomic mass is 19.4. The van der Waals surface area contributed by atoms with Gasteiger partial charge in [0, 0.05) is 24.4 Å². The van der Waals surface area contributed by atoms with Gasteiger partial charge < -0.3 is 5.32 Å². The molecule has 1 unspecified atom stereocenters. The summed E-state index contributed by atoms with van der Waals surface area (Å²) in [5, 5.41) is 3.39. The molecule has 0 amide bonds. The van der Waals surface area contributed by atoms with E-state index >= 15 is 0 Å². The van der Waals surface area contributed by atoms with Crippen LogP contribution in [0.15, 0.2) is 18.3 Å². The summed E-state index contributed by atoms with van der Waals surface area (Å²) < 4.78 is 38.0. The minimum Gasteiger partial charge on any atom is -0.314 e. The lowest BCUT2D eigenvalue weighted by atomic mass is 9.99. The fourth-order valence-electron chi connectivity index (χ4n) is 2.17. The van der Waals surface area contributed by atoms with Crippen LogP contribution in [0.5, 0.6) is 0 Å². The van der Waals surface area contributed by atoms with Gasteiger partial charge in [-0.3, -0.25) is 4.98 Å². The number of nitrogens with zero attached hydrogens (tertiary/aromatic N) is 1. The molecule has 1 aromatic rings. The maximum Gasteiger partial charge on any atom is 0.416 e. The van der Waals surface area contributed by atoms with Crippen molar-refractivity contribution in [2.45, 2.75) is 52.3 Å². The lowest BCUT2D eigenvalue weighted by molar-refractivity contribution is -0.137. The lowest BCUT2D eigenvalue weighted by Crippen LogP contribution is -2.33. The Balaban J connectivity index is 2.77. The number of aromatic nitrogens is 1. The molecule has 0 radical (unpaired) electrons. The minimum atomic E-state index is -4.30. The van der Waals surface area contributed by atoms with Gasteiger partial charge in [-0.2, -0.15) is 13.2 Å². The Hall–Kier alpha value is -1.10. The molecule has 0 saturated heterocycles. The molecule has 20 heavy (non-hydrogen) atoms. The average molecular weight is 288 g/mol. The Morgan fingerprint density at radius 2 is 2.00 bits per heavy atom. The first-order valence-electron chi connectivity index (χ1n) is 7.08. The van der Waals surface area contributed by atoms with Crippen LogP contribution in [-0.2, 0) is 12.6 Å². The summed E-state index contributed by atoms with van der Waals surface area (Å²) in [5.74, 6) is 0.496. The van der Waals surface area contributed by atoms with Gasteiger partial charge in [0.05, 0.1) is 5.56 Å². The van der Waals surface area contributed by atoms with Gasteiger partial charge in [-0.1, -0.05) is 20.8 Å². The van der Waals surface area contributed by atoms with Crippen molar-refractivity contribution in [1.29, 1.82) is 0 Å². The zero-order valence-corrected chi connectivity index (χ0v) is 12.3. The van der Waals surface area contributed by atoms with E-state index < -0.39 is 11.7 Å². The van der Waals surface area contributed by atoms with Gasteiger partial charge in [-0.05, 0) is 37.4 Å². The second-order valence-corrected chi connectivity index (χ2v) is 5.52. The number of alkyl halides is 3. The van der Waals surface area contributed by atoms with Crippen LogP contribution in [0.4, 0.5) is 13.2 Å². The largest absolute Gasteiger partial charge is 0.416 e. The van der Waals surface area contributed by atoms with E-state index in [2.05, 4.69) is 31.1 Å². The molecule has 0 aliphatic carbocycles. The fourth-order valence-corrected chi connectivity index (χ4v) is 2.17. The molecule has 1 N–H and O–H groups in total. The molecule has 0 fully saturated rings. The van der Waals surface area contributed by atoms with Gasteiger partial charge in [0.1, 0.15) is 0 Å². The van der Waals surface area contributed by atoms with Crippen LogP contribution < -0.4 is 5.32 Å². The van der Waals surface area contributed by atoms with Gasteiger partial charge in [-0.25, -0.2) is 0 Å². The van der Waals surface area contributed by atoms with Crippen LogP contribution in [-0.4, -0.2) is 17.6 Å². The molecule has 2 nitrogen and oxygen atoms in total. The Kier molecular flexibility index (Phi) is 6.46. The lowest BCUT2D eigenvalue weighted by Gasteiger charge is -2.20. The predicted molar refractivity (Wildman–Crippen MR) is 74.5 cm³/mol. The van der Waals surface area contributed by atoms with Crippen molar-refractivity contribution in [1.82, 2.24) is 10.3 Å². The van der Waals surface area contributed by atoms with E-state index in [-0.39, 0.29) is 6.04 Å². The molecule has 0 spiro atoms. The molecule has 0 bridgehead atoms. The summed E-state index contributed by atoms with van der Waals surface area (Å²) in [4.78, 5) is 4.07.